The molecule has 0 bridgehead atoms. The third kappa shape index (κ3) is 5.74. The molecule has 0 aliphatic carbocycles. The smallest absolute Gasteiger partial charge is 0.234 e. The van der Waals surface area contributed by atoms with Crippen molar-refractivity contribution in [3.8, 4) is 0 Å². The lowest BCUT2D eigenvalue weighted by Gasteiger charge is -2.13. The van der Waals surface area contributed by atoms with Gasteiger partial charge in [0.05, 0.1) is 11.5 Å². The summed E-state index contributed by atoms with van der Waals surface area (Å²) in [5.41, 5.74) is 2.71. The van der Waals surface area contributed by atoms with E-state index in [4.69, 9.17) is 0 Å². The largest absolute Gasteiger partial charge is 0.325 e. The molecule has 0 aliphatic rings. The fourth-order valence-electron chi connectivity index (χ4n) is 2.26. The van der Waals surface area contributed by atoms with Crippen LogP contribution in [-0.2, 0) is 9.59 Å². The van der Waals surface area contributed by atoms with E-state index < -0.39 is 0 Å². The van der Waals surface area contributed by atoms with Gasteiger partial charge in [-0.2, -0.15) is 0 Å². The number of hydrogen-bond acceptors (Lipinski definition) is 3. The number of para-hydroxylation sites is 2. The zero-order valence-electron chi connectivity index (χ0n) is 13.9. The van der Waals surface area contributed by atoms with Gasteiger partial charge in [-0.1, -0.05) is 50.2 Å². The van der Waals surface area contributed by atoms with Crippen LogP contribution in [0.15, 0.2) is 54.6 Å². The Morgan fingerprint density at radius 3 is 2.12 bits per heavy atom. The molecule has 126 valence electrons. The first kappa shape index (κ1) is 18.1. The Hall–Kier alpha value is -2.27. The molecule has 2 rings (SSSR count). The molecule has 0 radical (unpaired) electrons. The minimum atomic E-state index is -0.110. The van der Waals surface area contributed by atoms with Gasteiger partial charge in [-0.3, -0.25) is 9.59 Å². The van der Waals surface area contributed by atoms with Gasteiger partial charge in [-0.25, -0.2) is 0 Å². The second-order valence-electron chi connectivity index (χ2n) is 5.70. The maximum Gasteiger partial charge on any atom is 0.234 e. The average Bonchev–Trinajstić information content (AvgIpc) is 2.56. The topological polar surface area (TPSA) is 58.2 Å². The van der Waals surface area contributed by atoms with Crippen LogP contribution in [0.1, 0.15) is 25.3 Å². The van der Waals surface area contributed by atoms with Crippen molar-refractivity contribution in [2.75, 3.05) is 22.1 Å². The second-order valence-corrected chi connectivity index (χ2v) is 6.68. The normalized spacial score (nSPS) is 10.5. The van der Waals surface area contributed by atoms with Gasteiger partial charge >= 0.3 is 0 Å². The van der Waals surface area contributed by atoms with Crippen LogP contribution in [0, 0.1) is 0 Å². The molecular weight excluding hydrogens is 320 g/mol. The third-order valence-electron chi connectivity index (χ3n) is 3.38. The Bertz CT molecular complexity index is 687. The summed E-state index contributed by atoms with van der Waals surface area (Å²) in [4.78, 5) is 23.9. The highest BCUT2D eigenvalue weighted by Gasteiger charge is 2.10. The lowest BCUT2D eigenvalue weighted by atomic mass is 10.0. The highest BCUT2D eigenvalue weighted by molar-refractivity contribution is 8.00. The van der Waals surface area contributed by atoms with E-state index in [9.17, 15) is 9.59 Å². The van der Waals surface area contributed by atoms with Gasteiger partial charge in [-0.15, -0.1) is 11.8 Å². The van der Waals surface area contributed by atoms with Crippen LogP contribution < -0.4 is 10.6 Å². The maximum atomic E-state index is 12.1. The lowest BCUT2D eigenvalue weighted by Crippen LogP contribution is -2.19. The highest BCUT2D eigenvalue weighted by atomic mass is 32.2. The summed E-state index contributed by atoms with van der Waals surface area (Å²) in [5.74, 6) is 0.621. The lowest BCUT2D eigenvalue weighted by molar-refractivity contribution is -0.114. The first-order valence-corrected chi connectivity index (χ1v) is 9.03. The summed E-state index contributed by atoms with van der Waals surface area (Å²) in [6.45, 7) is 4.18. The third-order valence-corrected chi connectivity index (χ3v) is 4.31. The van der Waals surface area contributed by atoms with Crippen LogP contribution in [0.25, 0.3) is 0 Å². The molecule has 0 heterocycles. The molecule has 4 nitrogen and oxygen atoms in total. The molecule has 0 unspecified atom stereocenters. The van der Waals surface area contributed by atoms with E-state index in [-0.39, 0.29) is 23.3 Å². The van der Waals surface area contributed by atoms with E-state index in [1.165, 1.54) is 11.8 Å². The molecule has 0 atom stereocenters. The molecule has 0 aliphatic heterocycles. The first-order valence-electron chi connectivity index (χ1n) is 7.87. The monoisotopic (exact) mass is 342 g/mol. The molecule has 0 fully saturated rings. The van der Waals surface area contributed by atoms with E-state index in [1.54, 1.807) is 0 Å². The quantitative estimate of drug-likeness (QED) is 0.796. The standard InChI is InChI=1S/C19H22N2O2S/c1-14(2)16-10-6-7-11-17(16)21-19(23)13-24-12-18(22)20-15-8-4-3-5-9-15/h3-11,14H,12-13H2,1-2H3,(H,20,22)(H,21,23). The number of hydrogen-bond donors (Lipinski definition) is 2. The molecule has 2 N–H and O–H groups in total. The van der Waals surface area contributed by atoms with Crippen molar-refractivity contribution >= 4 is 35.0 Å². The van der Waals surface area contributed by atoms with Crippen LogP contribution >= 0.6 is 11.8 Å². The predicted octanol–water partition coefficient (Wildman–Crippen LogP) is 4.12. The van der Waals surface area contributed by atoms with Crippen molar-refractivity contribution < 1.29 is 9.59 Å². The number of benzene rings is 2. The van der Waals surface area contributed by atoms with E-state index in [0.29, 0.717) is 5.92 Å². The van der Waals surface area contributed by atoms with E-state index >= 15 is 0 Å². The van der Waals surface area contributed by atoms with Crippen LogP contribution in [-0.4, -0.2) is 23.3 Å². The van der Waals surface area contributed by atoms with Crippen LogP contribution in [0.5, 0.6) is 0 Å². The Balaban J connectivity index is 1.77. The molecule has 0 saturated heterocycles. The SMILES string of the molecule is CC(C)c1ccccc1NC(=O)CSCC(=O)Nc1ccccc1. The van der Waals surface area contributed by atoms with Crippen LogP contribution in [0.4, 0.5) is 11.4 Å². The van der Waals surface area contributed by atoms with Gasteiger partial charge in [0.15, 0.2) is 0 Å². The molecule has 0 saturated carbocycles. The van der Waals surface area contributed by atoms with Crippen LogP contribution in [0.2, 0.25) is 0 Å². The van der Waals surface area contributed by atoms with E-state index in [2.05, 4.69) is 24.5 Å². The summed E-state index contributed by atoms with van der Waals surface area (Å²) in [7, 11) is 0. The van der Waals surface area contributed by atoms with Gasteiger partial charge in [0.2, 0.25) is 11.8 Å². The predicted molar refractivity (Wildman–Crippen MR) is 102 cm³/mol. The van der Waals surface area contributed by atoms with Crippen molar-refractivity contribution in [1.29, 1.82) is 0 Å². The number of carbonyl (C=O) groups is 2. The number of carbonyl (C=O) groups excluding carboxylic acids is 2. The number of rotatable bonds is 7. The fourth-order valence-corrected chi connectivity index (χ4v) is 2.87. The van der Waals surface area contributed by atoms with Gasteiger partial charge in [0.25, 0.3) is 0 Å². The van der Waals surface area contributed by atoms with Crippen molar-refractivity contribution in [2.24, 2.45) is 0 Å². The maximum absolute atomic E-state index is 12.1. The summed E-state index contributed by atoms with van der Waals surface area (Å²) >= 11 is 1.30. The van der Waals surface area contributed by atoms with Gasteiger partial charge in [0.1, 0.15) is 0 Å². The number of anilines is 2. The minimum absolute atomic E-state index is 0.0967. The second kappa shape index (κ2) is 9.13. The van der Waals surface area contributed by atoms with Crippen molar-refractivity contribution in [2.45, 2.75) is 19.8 Å². The molecule has 24 heavy (non-hydrogen) atoms. The van der Waals surface area contributed by atoms with E-state index in [0.717, 1.165) is 16.9 Å². The molecule has 2 amide bonds. The summed E-state index contributed by atoms with van der Waals surface area (Å²) in [5, 5.41) is 5.72. The summed E-state index contributed by atoms with van der Waals surface area (Å²) < 4.78 is 0. The minimum Gasteiger partial charge on any atom is -0.325 e. The summed E-state index contributed by atoms with van der Waals surface area (Å²) in [6.07, 6.45) is 0. The molecule has 2 aromatic carbocycles. The van der Waals surface area contributed by atoms with Gasteiger partial charge < -0.3 is 10.6 Å². The Morgan fingerprint density at radius 1 is 0.875 bits per heavy atom. The van der Waals surface area contributed by atoms with Gasteiger partial charge in [-0.05, 0) is 29.7 Å². The Labute approximate surface area is 147 Å². The first-order chi connectivity index (χ1) is 11.6. The van der Waals surface area contributed by atoms with Gasteiger partial charge in [0, 0.05) is 11.4 Å². The van der Waals surface area contributed by atoms with Crippen molar-refractivity contribution in [3.05, 3.63) is 60.2 Å². The number of amides is 2. The zero-order valence-corrected chi connectivity index (χ0v) is 14.7. The number of thioether (sulfide) groups is 1. The van der Waals surface area contributed by atoms with Crippen molar-refractivity contribution in [3.63, 3.8) is 0 Å². The Morgan fingerprint density at radius 2 is 1.46 bits per heavy atom. The zero-order chi connectivity index (χ0) is 17.4. The van der Waals surface area contributed by atoms with Crippen molar-refractivity contribution in [1.82, 2.24) is 0 Å². The Kier molecular flexibility index (Phi) is 6.88. The highest BCUT2D eigenvalue weighted by Crippen LogP contribution is 2.23. The average molecular weight is 342 g/mol. The summed E-state index contributed by atoms with van der Waals surface area (Å²) in [6, 6.07) is 17.1. The molecule has 0 aromatic heterocycles. The molecule has 0 spiro atoms. The number of nitrogens with one attached hydrogen (secondary N) is 2. The molecule has 5 heteroatoms. The molecule has 2 aromatic rings. The van der Waals surface area contributed by atoms with Crippen LogP contribution in [0.3, 0.4) is 0 Å². The van der Waals surface area contributed by atoms with E-state index in [1.807, 2.05) is 54.6 Å². The molecular formula is C19H22N2O2S. The fraction of sp³-hybridized carbons (Fsp3) is 0.263.